The number of aromatic nitrogens is 1. The topological polar surface area (TPSA) is 79.3 Å². The summed E-state index contributed by atoms with van der Waals surface area (Å²) < 4.78 is 13.6. The number of nitrogens with one attached hydrogen (secondary N) is 1. The maximum Gasteiger partial charge on any atom is 0.356 e. The van der Waals surface area contributed by atoms with Gasteiger partial charge in [-0.3, -0.25) is 4.79 Å². The Morgan fingerprint density at radius 1 is 1.30 bits per heavy atom. The molecule has 0 saturated carbocycles. The first-order valence-electron chi connectivity index (χ1n) is 5.44. The van der Waals surface area contributed by atoms with Crippen LogP contribution in [-0.4, -0.2) is 22.0 Å². The SMILES string of the molecule is O=C(Nc1cccnc1C(=O)O)c1ccc(Cl)cc1F. The Kier molecular flexibility index (Phi) is 3.95. The molecule has 0 spiro atoms. The van der Waals surface area contributed by atoms with E-state index in [9.17, 15) is 14.0 Å². The highest BCUT2D eigenvalue weighted by atomic mass is 35.5. The summed E-state index contributed by atoms with van der Waals surface area (Å²) in [6, 6.07) is 6.39. The Hall–Kier alpha value is -2.47. The van der Waals surface area contributed by atoms with Crippen LogP contribution >= 0.6 is 11.6 Å². The number of halogens is 2. The number of rotatable bonds is 3. The number of carbonyl (C=O) groups is 2. The van der Waals surface area contributed by atoms with Gasteiger partial charge in [-0.25, -0.2) is 14.2 Å². The number of pyridine rings is 1. The van der Waals surface area contributed by atoms with Gasteiger partial charge >= 0.3 is 5.97 Å². The summed E-state index contributed by atoms with van der Waals surface area (Å²) in [7, 11) is 0. The number of amides is 1. The van der Waals surface area contributed by atoms with E-state index in [1.54, 1.807) is 0 Å². The van der Waals surface area contributed by atoms with Gasteiger partial charge in [0, 0.05) is 11.2 Å². The van der Waals surface area contributed by atoms with Gasteiger partial charge in [0.2, 0.25) is 0 Å². The minimum atomic E-state index is -1.29. The molecule has 102 valence electrons. The van der Waals surface area contributed by atoms with Crippen LogP contribution in [0.15, 0.2) is 36.5 Å². The fraction of sp³-hybridized carbons (Fsp3) is 0. The Labute approximate surface area is 118 Å². The molecule has 1 aromatic heterocycles. The average molecular weight is 295 g/mol. The zero-order valence-corrected chi connectivity index (χ0v) is 10.7. The van der Waals surface area contributed by atoms with Gasteiger partial charge in [0.25, 0.3) is 5.91 Å². The fourth-order valence-electron chi connectivity index (χ4n) is 1.54. The first-order valence-corrected chi connectivity index (χ1v) is 5.81. The third-order valence-corrected chi connectivity index (χ3v) is 2.67. The predicted molar refractivity (Wildman–Crippen MR) is 70.6 cm³/mol. The second-order valence-electron chi connectivity index (χ2n) is 3.78. The number of hydrogen-bond donors (Lipinski definition) is 2. The molecular formula is C13H8ClFN2O3. The molecule has 0 unspecified atom stereocenters. The minimum absolute atomic E-state index is 0.0145. The summed E-state index contributed by atoms with van der Waals surface area (Å²) in [5, 5.41) is 11.4. The van der Waals surface area contributed by atoms with Gasteiger partial charge in [-0.1, -0.05) is 11.6 Å². The Morgan fingerprint density at radius 2 is 2.05 bits per heavy atom. The molecule has 0 fully saturated rings. The summed E-state index contributed by atoms with van der Waals surface area (Å²) in [5.41, 5.74) is -0.579. The molecule has 0 aliphatic carbocycles. The monoisotopic (exact) mass is 294 g/mol. The van der Waals surface area contributed by atoms with Crippen molar-refractivity contribution in [2.75, 3.05) is 5.32 Å². The highest BCUT2D eigenvalue weighted by molar-refractivity contribution is 6.30. The number of aromatic carboxylic acids is 1. The van der Waals surface area contributed by atoms with Crippen LogP contribution in [0.25, 0.3) is 0 Å². The van der Waals surface area contributed by atoms with Crippen molar-refractivity contribution in [1.82, 2.24) is 4.98 Å². The van der Waals surface area contributed by atoms with Gasteiger partial charge in [0.1, 0.15) is 5.82 Å². The van der Waals surface area contributed by atoms with Gasteiger partial charge in [0.05, 0.1) is 11.3 Å². The Bertz CT molecular complexity index is 691. The quantitative estimate of drug-likeness (QED) is 0.912. The van der Waals surface area contributed by atoms with Gasteiger partial charge in [0.15, 0.2) is 5.69 Å². The molecule has 2 N–H and O–H groups in total. The second-order valence-corrected chi connectivity index (χ2v) is 4.22. The second kappa shape index (κ2) is 5.66. The predicted octanol–water partition coefficient (Wildman–Crippen LogP) is 2.82. The van der Waals surface area contributed by atoms with Gasteiger partial charge in [-0.05, 0) is 30.3 Å². The molecule has 0 aliphatic rings. The first kappa shape index (κ1) is 14.0. The van der Waals surface area contributed by atoms with Crippen LogP contribution in [0.5, 0.6) is 0 Å². The van der Waals surface area contributed by atoms with Crippen molar-refractivity contribution in [2.45, 2.75) is 0 Å². The molecule has 2 rings (SSSR count). The lowest BCUT2D eigenvalue weighted by molar-refractivity contribution is 0.0691. The molecular weight excluding hydrogens is 287 g/mol. The summed E-state index contributed by atoms with van der Waals surface area (Å²) in [6.45, 7) is 0. The lowest BCUT2D eigenvalue weighted by atomic mass is 10.2. The normalized spacial score (nSPS) is 10.1. The smallest absolute Gasteiger partial charge is 0.356 e. The zero-order valence-electron chi connectivity index (χ0n) is 9.93. The van der Waals surface area contributed by atoms with E-state index in [0.29, 0.717) is 0 Å². The minimum Gasteiger partial charge on any atom is -0.476 e. The number of hydrogen-bond acceptors (Lipinski definition) is 3. The van der Waals surface area contributed by atoms with Gasteiger partial charge in [-0.15, -0.1) is 0 Å². The molecule has 0 bridgehead atoms. The number of carboxylic acids is 1. The summed E-state index contributed by atoms with van der Waals surface area (Å²) in [5.74, 6) is -2.87. The number of nitrogens with zero attached hydrogens (tertiary/aromatic N) is 1. The lowest BCUT2D eigenvalue weighted by Crippen LogP contribution is -2.16. The number of carboxylic acid groups (broad SMARTS) is 1. The average Bonchev–Trinajstić information content (AvgIpc) is 2.38. The van der Waals surface area contributed by atoms with E-state index < -0.39 is 17.7 Å². The highest BCUT2D eigenvalue weighted by Gasteiger charge is 2.16. The van der Waals surface area contributed by atoms with Crippen molar-refractivity contribution in [1.29, 1.82) is 0 Å². The van der Waals surface area contributed by atoms with Crippen LogP contribution in [0.2, 0.25) is 5.02 Å². The molecule has 0 atom stereocenters. The molecule has 20 heavy (non-hydrogen) atoms. The molecule has 1 amide bonds. The summed E-state index contributed by atoms with van der Waals surface area (Å²) >= 11 is 5.59. The van der Waals surface area contributed by atoms with Gasteiger partial charge < -0.3 is 10.4 Å². The van der Waals surface area contributed by atoms with Crippen LogP contribution in [0.1, 0.15) is 20.8 Å². The standard InChI is InChI=1S/C13H8ClFN2O3/c14-7-3-4-8(9(15)6-7)12(18)17-10-2-1-5-16-11(10)13(19)20/h1-6H,(H,17,18)(H,19,20). The fourth-order valence-corrected chi connectivity index (χ4v) is 1.70. The molecule has 0 aliphatic heterocycles. The largest absolute Gasteiger partial charge is 0.476 e. The zero-order chi connectivity index (χ0) is 14.7. The Balaban J connectivity index is 2.30. The van der Waals surface area contributed by atoms with E-state index in [0.717, 1.165) is 6.07 Å². The lowest BCUT2D eigenvalue weighted by Gasteiger charge is -2.08. The summed E-state index contributed by atoms with van der Waals surface area (Å²) in [4.78, 5) is 26.5. The molecule has 0 radical (unpaired) electrons. The molecule has 2 aromatic rings. The van der Waals surface area contributed by atoms with Crippen molar-refractivity contribution in [3.05, 3.63) is 58.6 Å². The Morgan fingerprint density at radius 3 is 2.70 bits per heavy atom. The number of carbonyl (C=O) groups excluding carboxylic acids is 1. The van der Waals surface area contributed by atoms with E-state index in [1.807, 2.05) is 0 Å². The van der Waals surface area contributed by atoms with Crippen LogP contribution < -0.4 is 5.32 Å². The van der Waals surface area contributed by atoms with Crippen molar-refractivity contribution in [3.63, 3.8) is 0 Å². The van der Waals surface area contributed by atoms with Crippen molar-refractivity contribution >= 4 is 29.2 Å². The third-order valence-electron chi connectivity index (χ3n) is 2.43. The highest BCUT2D eigenvalue weighted by Crippen LogP contribution is 2.18. The van der Waals surface area contributed by atoms with E-state index in [4.69, 9.17) is 16.7 Å². The summed E-state index contributed by atoms with van der Waals surface area (Å²) in [6.07, 6.45) is 1.28. The molecule has 5 nitrogen and oxygen atoms in total. The van der Waals surface area contributed by atoms with Crippen LogP contribution in [0, 0.1) is 5.82 Å². The van der Waals surface area contributed by atoms with E-state index >= 15 is 0 Å². The van der Waals surface area contributed by atoms with E-state index in [1.165, 1.54) is 30.5 Å². The third kappa shape index (κ3) is 2.92. The van der Waals surface area contributed by atoms with Crippen molar-refractivity contribution in [2.24, 2.45) is 0 Å². The van der Waals surface area contributed by atoms with Crippen LogP contribution in [0.4, 0.5) is 10.1 Å². The van der Waals surface area contributed by atoms with Gasteiger partial charge in [-0.2, -0.15) is 0 Å². The van der Waals surface area contributed by atoms with E-state index in [-0.39, 0.29) is 22.0 Å². The van der Waals surface area contributed by atoms with E-state index in [2.05, 4.69) is 10.3 Å². The van der Waals surface area contributed by atoms with Crippen molar-refractivity contribution in [3.8, 4) is 0 Å². The van der Waals surface area contributed by atoms with Crippen LogP contribution in [-0.2, 0) is 0 Å². The number of benzene rings is 1. The van der Waals surface area contributed by atoms with Crippen molar-refractivity contribution < 1.29 is 19.1 Å². The molecule has 0 saturated heterocycles. The maximum absolute atomic E-state index is 13.6. The number of anilines is 1. The maximum atomic E-state index is 13.6. The molecule has 1 heterocycles. The molecule has 1 aromatic carbocycles. The first-order chi connectivity index (χ1) is 9.49. The van der Waals surface area contributed by atoms with Crippen LogP contribution in [0.3, 0.4) is 0 Å². The molecule has 7 heteroatoms.